The third kappa shape index (κ3) is 2.95. The van der Waals surface area contributed by atoms with E-state index in [-0.39, 0.29) is 12.1 Å². The summed E-state index contributed by atoms with van der Waals surface area (Å²) in [5, 5.41) is 18.8. The monoisotopic (exact) mass is 277 g/mol. The molecule has 1 aliphatic heterocycles. The Balaban J connectivity index is 2.09. The third-order valence-corrected chi connectivity index (χ3v) is 3.57. The van der Waals surface area contributed by atoms with Crippen molar-refractivity contribution >= 4 is 5.91 Å². The van der Waals surface area contributed by atoms with Gasteiger partial charge in [-0.3, -0.25) is 9.69 Å². The Kier molecular flexibility index (Phi) is 4.02. The highest BCUT2D eigenvalue weighted by molar-refractivity contribution is 5.83. The van der Waals surface area contributed by atoms with Gasteiger partial charge in [0.2, 0.25) is 0 Å². The van der Waals surface area contributed by atoms with Gasteiger partial charge in [-0.2, -0.15) is 5.26 Å². The molecule has 2 rings (SSSR count). The number of primary amides is 1. The summed E-state index contributed by atoms with van der Waals surface area (Å²) in [6, 6.07) is 6.16. The number of amides is 1. The van der Waals surface area contributed by atoms with Gasteiger partial charge in [-0.15, -0.1) is 0 Å². The number of carbonyl (C=O) groups excluding carboxylic acids is 1. The van der Waals surface area contributed by atoms with E-state index in [1.54, 1.807) is 12.1 Å². The highest BCUT2D eigenvalue weighted by Gasteiger charge is 2.38. The molecule has 1 amide bonds. The summed E-state index contributed by atoms with van der Waals surface area (Å²) in [5.74, 6) is -1.29. The second-order valence-corrected chi connectivity index (χ2v) is 5.14. The Morgan fingerprint density at radius 2 is 2.35 bits per heavy atom. The molecule has 0 saturated carbocycles. The number of hydrogen-bond acceptors (Lipinski definition) is 4. The Hall–Kier alpha value is -1.97. The van der Waals surface area contributed by atoms with Crippen molar-refractivity contribution in [3.63, 3.8) is 0 Å². The Labute approximate surface area is 116 Å². The first-order chi connectivity index (χ1) is 9.44. The zero-order valence-electron chi connectivity index (χ0n) is 11.0. The van der Waals surface area contributed by atoms with Crippen LogP contribution in [0, 0.1) is 17.1 Å². The number of carbonyl (C=O) groups is 1. The van der Waals surface area contributed by atoms with Gasteiger partial charge < -0.3 is 10.8 Å². The highest BCUT2D eigenvalue weighted by Crippen LogP contribution is 2.22. The molecule has 0 radical (unpaired) electrons. The van der Waals surface area contributed by atoms with Gasteiger partial charge in [0.25, 0.3) is 5.91 Å². The zero-order chi connectivity index (χ0) is 14.8. The molecule has 6 heteroatoms. The Morgan fingerprint density at radius 1 is 1.60 bits per heavy atom. The van der Waals surface area contributed by atoms with Crippen molar-refractivity contribution in [2.24, 2.45) is 5.73 Å². The van der Waals surface area contributed by atoms with Gasteiger partial charge in [-0.05, 0) is 37.1 Å². The summed E-state index contributed by atoms with van der Waals surface area (Å²) in [6.45, 7) is 1.25. The number of likely N-dealkylation sites (tertiary alicyclic amines) is 1. The average molecular weight is 277 g/mol. The maximum atomic E-state index is 13.5. The first-order valence-corrected chi connectivity index (χ1v) is 6.38. The minimum absolute atomic E-state index is 0.000958. The summed E-state index contributed by atoms with van der Waals surface area (Å²) >= 11 is 0. The van der Waals surface area contributed by atoms with Crippen LogP contribution in [0.3, 0.4) is 0 Å². The molecule has 0 bridgehead atoms. The molecule has 106 valence electrons. The van der Waals surface area contributed by atoms with Gasteiger partial charge in [0.1, 0.15) is 11.9 Å². The Morgan fingerprint density at radius 3 is 2.95 bits per heavy atom. The number of benzene rings is 1. The topological polar surface area (TPSA) is 90.3 Å². The lowest BCUT2D eigenvalue weighted by Crippen LogP contribution is -2.55. The van der Waals surface area contributed by atoms with Gasteiger partial charge in [0.15, 0.2) is 5.60 Å². The molecule has 5 nitrogen and oxygen atoms in total. The van der Waals surface area contributed by atoms with E-state index in [4.69, 9.17) is 11.0 Å². The molecule has 1 aromatic rings. The summed E-state index contributed by atoms with van der Waals surface area (Å²) in [6.07, 6.45) is 0.999. The molecule has 3 N–H and O–H groups in total. The van der Waals surface area contributed by atoms with Gasteiger partial charge in [-0.1, -0.05) is 6.07 Å². The number of nitrogens with zero attached hydrogens (tertiary/aromatic N) is 2. The lowest BCUT2D eigenvalue weighted by atomic mass is 9.92. The van der Waals surface area contributed by atoms with E-state index in [1.807, 2.05) is 4.90 Å². The van der Waals surface area contributed by atoms with E-state index in [1.165, 1.54) is 12.1 Å². The smallest absolute Gasteiger partial charge is 0.250 e. The molecule has 0 unspecified atom stereocenters. The fourth-order valence-electron chi connectivity index (χ4n) is 2.47. The van der Waals surface area contributed by atoms with Crippen molar-refractivity contribution in [1.29, 1.82) is 5.26 Å². The molecular formula is C14H16FN3O2. The fraction of sp³-hybridized carbons (Fsp3) is 0.429. The molecule has 0 aliphatic carbocycles. The number of nitrogens with two attached hydrogens (primary N) is 1. The predicted octanol–water partition coefficient (Wildman–Crippen LogP) is 0.510. The van der Waals surface area contributed by atoms with Crippen molar-refractivity contribution in [2.45, 2.75) is 25.0 Å². The van der Waals surface area contributed by atoms with Crippen LogP contribution in [-0.4, -0.2) is 34.6 Å². The minimum Gasteiger partial charge on any atom is -0.379 e. The van der Waals surface area contributed by atoms with E-state index in [9.17, 15) is 14.3 Å². The second-order valence-electron chi connectivity index (χ2n) is 5.14. The van der Waals surface area contributed by atoms with Crippen molar-refractivity contribution in [2.75, 3.05) is 13.1 Å². The summed E-state index contributed by atoms with van der Waals surface area (Å²) in [5.41, 5.74) is 4.39. The first-order valence-electron chi connectivity index (χ1n) is 6.38. The van der Waals surface area contributed by atoms with Crippen LogP contribution in [0.2, 0.25) is 0 Å². The third-order valence-electron chi connectivity index (χ3n) is 3.57. The molecule has 1 fully saturated rings. The lowest BCUT2D eigenvalue weighted by Gasteiger charge is -2.37. The molecular weight excluding hydrogens is 261 g/mol. The summed E-state index contributed by atoms with van der Waals surface area (Å²) in [4.78, 5) is 13.1. The van der Waals surface area contributed by atoms with E-state index in [2.05, 4.69) is 0 Å². The van der Waals surface area contributed by atoms with Crippen molar-refractivity contribution < 1.29 is 14.3 Å². The average Bonchev–Trinajstić information content (AvgIpc) is 2.39. The van der Waals surface area contributed by atoms with Gasteiger partial charge in [0.05, 0.1) is 5.56 Å². The number of β-amino-alcohol motifs (C(OH)–C–C–N with tert-alkyl or cyclic N) is 1. The van der Waals surface area contributed by atoms with E-state index < -0.39 is 17.3 Å². The van der Waals surface area contributed by atoms with E-state index >= 15 is 0 Å². The van der Waals surface area contributed by atoms with Crippen LogP contribution < -0.4 is 5.73 Å². The maximum absolute atomic E-state index is 13.5. The molecule has 1 aromatic carbocycles. The number of hydrogen-bond donors (Lipinski definition) is 2. The van der Waals surface area contributed by atoms with Crippen molar-refractivity contribution in [3.05, 3.63) is 35.1 Å². The molecule has 1 atom stereocenters. The van der Waals surface area contributed by atoms with Crippen LogP contribution in [-0.2, 0) is 11.3 Å². The number of piperidine rings is 1. The molecule has 20 heavy (non-hydrogen) atoms. The van der Waals surface area contributed by atoms with Crippen molar-refractivity contribution in [3.8, 4) is 6.07 Å². The largest absolute Gasteiger partial charge is 0.379 e. The predicted molar refractivity (Wildman–Crippen MR) is 69.8 cm³/mol. The van der Waals surface area contributed by atoms with E-state index in [0.717, 1.165) is 0 Å². The maximum Gasteiger partial charge on any atom is 0.250 e. The van der Waals surface area contributed by atoms with Crippen LogP contribution in [0.1, 0.15) is 24.0 Å². The summed E-state index contributed by atoms with van der Waals surface area (Å²) < 4.78 is 13.5. The number of aliphatic hydroxyl groups is 1. The van der Waals surface area contributed by atoms with Crippen LogP contribution in [0.25, 0.3) is 0 Å². The van der Waals surface area contributed by atoms with Crippen LogP contribution >= 0.6 is 0 Å². The summed E-state index contributed by atoms with van der Waals surface area (Å²) in [7, 11) is 0. The number of halogens is 1. The normalized spacial score (nSPS) is 23.2. The zero-order valence-corrected chi connectivity index (χ0v) is 11.0. The SMILES string of the molecule is N#Cc1ccc(CN2CCC[C@@](O)(C(N)=O)C2)cc1F. The van der Waals surface area contributed by atoms with Crippen LogP contribution in [0.5, 0.6) is 0 Å². The fourth-order valence-corrected chi connectivity index (χ4v) is 2.47. The lowest BCUT2D eigenvalue weighted by molar-refractivity contribution is -0.142. The molecule has 1 aliphatic rings. The molecule has 1 heterocycles. The molecule has 1 saturated heterocycles. The number of rotatable bonds is 3. The molecule has 0 spiro atoms. The van der Waals surface area contributed by atoms with Crippen molar-refractivity contribution in [1.82, 2.24) is 4.90 Å². The highest BCUT2D eigenvalue weighted by atomic mass is 19.1. The van der Waals surface area contributed by atoms with Crippen LogP contribution in [0.15, 0.2) is 18.2 Å². The van der Waals surface area contributed by atoms with Crippen LogP contribution in [0.4, 0.5) is 4.39 Å². The van der Waals surface area contributed by atoms with Gasteiger partial charge in [0, 0.05) is 13.1 Å². The minimum atomic E-state index is -1.51. The number of nitriles is 1. The van der Waals surface area contributed by atoms with Gasteiger partial charge in [-0.25, -0.2) is 4.39 Å². The van der Waals surface area contributed by atoms with Gasteiger partial charge >= 0.3 is 0 Å². The second kappa shape index (κ2) is 5.57. The molecule has 0 aromatic heterocycles. The standard InChI is InChI=1S/C14H16FN3O2/c15-12-6-10(2-3-11(12)7-16)8-18-5-1-4-14(20,9-18)13(17)19/h2-3,6,20H,1,4-5,8-9H2,(H2,17,19)/t14-/m0/s1. The van der Waals surface area contributed by atoms with E-state index in [0.29, 0.717) is 31.5 Å². The Bertz CT molecular complexity index is 570. The quantitative estimate of drug-likeness (QED) is 0.842. The first kappa shape index (κ1) is 14.4.